The molecule has 4 aromatic rings. The number of aromatic amines is 1. The number of anilines is 1. The zero-order valence-electron chi connectivity index (χ0n) is 20.4. The van der Waals surface area contributed by atoms with Crippen molar-refractivity contribution in [3.05, 3.63) is 75.0 Å². The Labute approximate surface area is 212 Å². The van der Waals surface area contributed by atoms with Crippen molar-refractivity contribution in [2.45, 2.75) is 31.3 Å². The first kappa shape index (κ1) is 21.4. The Morgan fingerprint density at radius 3 is 2.59 bits per heavy atom. The molecule has 1 N–H and O–H groups in total. The lowest BCUT2D eigenvalue weighted by Crippen LogP contribution is -2.36. The van der Waals surface area contributed by atoms with Gasteiger partial charge in [-0.15, -0.1) is 0 Å². The van der Waals surface area contributed by atoms with Gasteiger partial charge in [-0.1, -0.05) is 12.1 Å². The second kappa shape index (κ2) is 7.90. The number of imidazole rings is 1. The summed E-state index contributed by atoms with van der Waals surface area (Å²) in [6, 6.07) is 10.3. The summed E-state index contributed by atoms with van der Waals surface area (Å²) in [6.07, 6.45) is 3.43. The van der Waals surface area contributed by atoms with Gasteiger partial charge in [-0.05, 0) is 42.2 Å². The third kappa shape index (κ3) is 3.01. The molecular weight excluding hydrogens is 470 g/mol. The number of morpholine rings is 1. The summed E-state index contributed by atoms with van der Waals surface area (Å²) in [5, 5.41) is 0. The van der Waals surface area contributed by atoms with Gasteiger partial charge >= 0.3 is 0 Å². The quantitative estimate of drug-likeness (QED) is 0.458. The molecule has 1 atom stereocenters. The maximum Gasteiger partial charge on any atom is 0.274 e. The van der Waals surface area contributed by atoms with E-state index < -0.39 is 0 Å². The number of aromatic nitrogens is 3. The first-order valence-corrected chi connectivity index (χ1v) is 13.1. The molecule has 37 heavy (non-hydrogen) atoms. The second-order valence-electron chi connectivity index (χ2n) is 10.4. The predicted molar refractivity (Wildman–Crippen MR) is 137 cm³/mol. The maximum atomic E-state index is 13.7. The number of H-pyrrole nitrogens is 1. The summed E-state index contributed by atoms with van der Waals surface area (Å²) in [5.41, 5.74) is 7.18. The minimum atomic E-state index is -0.190. The van der Waals surface area contributed by atoms with Gasteiger partial charge < -0.3 is 24.3 Å². The summed E-state index contributed by atoms with van der Waals surface area (Å²) in [7, 11) is 0. The molecule has 9 heteroatoms. The lowest BCUT2D eigenvalue weighted by Gasteiger charge is -2.30. The molecule has 1 amide bonds. The molecule has 9 nitrogen and oxygen atoms in total. The van der Waals surface area contributed by atoms with Crippen molar-refractivity contribution in [2.24, 2.45) is 0 Å². The van der Waals surface area contributed by atoms with Crippen LogP contribution in [0.5, 0.6) is 0 Å². The molecule has 2 fully saturated rings. The zero-order chi connectivity index (χ0) is 24.7. The van der Waals surface area contributed by atoms with Crippen LogP contribution in [-0.4, -0.2) is 64.7 Å². The van der Waals surface area contributed by atoms with Crippen molar-refractivity contribution in [3.63, 3.8) is 0 Å². The van der Waals surface area contributed by atoms with E-state index in [0.717, 1.165) is 56.0 Å². The second-order valence-corrected chi connectivity index (χ2v) is 10.4. The molecule has 2 aromatic carbocycles. The van der Waals surface area contributed by atoms with Gasteiger partial charge in [0.15, 0.2) is 0 Å². The Bertz CT molecular complexity index is 1640. The Balaban J connectivity index is 1.31. The lowest BCUT2D eigenvalue weighted by molar-refractivity contribution is 0.0759. The SMILES string of the molecule is O=C1c2cc3[nH]c(=O)c4cnc(C5CCOCC5)n4c3cc2C2c3cccc(N4CCOCC4)c3CN12. The van der Waals surface area contributed by atoms with Crippen molar-refractivity contribution in [3.8, 4) is 0 Å². The molecule has 0 bridgehead atoms. The average molecular weight is 498 g/mol. The van der Waals surface area contributed by atoms with Crippen LogP contribution in [0.2, 0.25) is 0 Å². The standard InChI is InChI=1S/C28H27N5O4/c34-27-24-14-29-26(16-4-8-36-9-5-16)33(24)23-13-18-19(12-21(23)30-27)28(35)32-15-20-17(25(18)32)2-1-3-22(20)31-6-10-37-11-7-31/h1-3,12-14,16,25H,4-11,15H2,(H,30,34). The molecule has 2 aromatic heterocycles. The van der Waals surface area contributed by atoms with Crippen molar-refractivity contribution >= 4 is 28.1 Å². The Kier molecular flexibility index (Phi) is 4.57. The highest BCUT2D eigenvalue weighted by atomic mass is 16.5. The molecule has 8 rings (SSSR count). The van der Waals surface area contributed by atoms with E-state index in [-0.39, 0.29) is 23.4 Å². The first-order valence-electron chi connectivity index (χ1n) is 13.1. The Morgan fingerprint density at radius 2 is 1.76 bits per heavy atom. The topological polar surface area (TPSA) is 92.2 Å². The van der Waals surface area contributed by atoms with Gasteiger partial charge in [-0.25, -0.2) is 4.98 Å². The summed E-state index contributed by atoms with van der Waals surface area (Å²) < 4.78 is 13.1. The minimum absolute atomic E-state index is 0.0160. The third-order valence-corrected chi connectivity index (χ3v) is 8.53. The van der Waals surface area contributed by atoms with Gasteiger partial charge in [-0.3, -0.25) is 14.0 Å². The van der Waals surface area contributed by atoms with Crippen LogP contribution in [0.25, 0.3) is 16.6 Å². The van der Waals surface area contributed by atoms with Crippen molar-refractivity contribution in [2.75, 3.05) is 44.4 Å². The number of nitrogens with one attached hydrogen (secondary N) is 1. The lowest BCUT2D eigenvalue weighted by atomic mass is 9.95. The van der Waals surface area contributed by atoms with Gasteiger partial charge in [0, 0.05) is 55.6 Å². The number of amides is 1. The van der Waals surface area contributed by atoms with Crippen LogP contribution in [0, 0.1) is 0 Å². The predicted octanol–water partition coefficient (Wildman–Crippen LogP) is 2.97. The van der Waals surface area contributed by atoms with Crippen molar-refractivity contribution < 1.29 is 14.3 Å². The number of benzene rings is 2. The average Bonchev–Trinajstić information content (AvgIpc) is 3.62. The van der Waals surface area contributed by atoms with Crippen molar-refractivity contribution in [1.82, 2.24) is 19.3 Å². The molecule has 0 saturated carbocycles. The van der Waals surface area contributed by atoms with Gasteiger partial charge in [0.1, 0.15) is 11.3 Å². The first-order chi connectivity index (χ1) is 18.2. The van der Waals surface area contributed by atoms with Crippen molar-refractivity contribution in [1.29, 1.82) is 0 Å². The molecule has 0 spiro atoms. The number of hydrogen-bond donors (Lipinski definition) is 1. The molecule has 188 valence electrons. The van der Waals surface area contributed by atoms with E-state index in [1.807, 2.05) is 15.4 Å². The number of nitrogens with zero attached hydrogens (tertiary/aromatic N) is 4. The number of carbonyl (C=O) groups excluding carboxylic acids is 1. The molecule has 6 heterocycles. The van der Waals surface area contributed by atoms with Crippen LogP contribution < -0.4 is 10.5 Å². The van der Waals surface area contributed by atoms with E-state index in [1.165, 1.54) is 16.8 Å². The number of ether oxygens (including phenoxy) is 2. The number of carbonyl (C=O) groups is 1. The van der Waals surface area contributed by atoms with E-state index in [9.17, 15) is 9.59 Å². The fourth-order valence-electron chi connectivity index (χ4n) is 6.74. The molecule has 0 radical (unpaired) electrons. The Hall–Kier alpha value is -3.69. The monoisotopic (exact) mass is 497 g/mol. The van der Waals surface area contributed by atoms with Crippen LogP contribution in [0.1, 0.15) is 57.7 Å². The van der Waals surface area contributed by atoms with Gasteiger partial charge in [0.2, 0.25) is 0 Å². The smallest absolute Gasteiger partial charge is 0.274 e. The van der Waals surface area contributed by atoms with Crippen LogP contribution in [-0.2, 0) is 16.0 Å². The summed E-state index contributed by atoms with van der Waals surface area (Å²) in [5.74, 6) is 1.15. The highest BCUT2D eigenvalue weighted by molar-refractivity contribution is 6.03. The minimum Gasteiger partial charge on any atom is -0.381 e. The molecular formula is C28H27N5O4. The van der Waals surface area contributed by atoms with Crippen LogP contribution in [0.4, 0.5) is 5.69 Å². The number of hydrogen-bond acceptors (Lipinski definition) is 6. The van der Waals surface area contributed by atoms with E-state index >= 15 is 0 Å². The van der Waals surface area contributed by atoms with E-state index in [2.05, 4.69) is 34.1 Å². The number of fused-ring (bicyclic) bond motifs is 8. The molecule has 2 saturated heterocycles. The normalized spacial score (nSPS) is 21.6. The van der Waals surface area contributed by atoms with Crippen LogP contribution in [0.15, 0.2) is 41.3 Å². The third-order valence-electron chi connectivity index (χ3n) is 8.53. The molecule has 4 aliphatic rings. The number of rotatable bonds is 2. The molecule has 4 aliphatic heterocycles. The maximum absolute atomic E-state index is 13.7. The van der Waals surface area contributed by atoms with Gasteiger partial charge in [0.05, 0.1) is 36.5 Å². The highest BCUT2D eigenvalue weighted by Crippen LogP contribution is 2.49. The summed E-state index contributed by atoms with van der Waals surface area (Å²) in [6.45, 7) is 5.14. The fourth-order valence-corrected chi connectivity index (χ4v) is 6.74. The van der Waals surface area contributed by atoms with E-state index in [4.69, 9.17) is 14.5 Å². The van der Waals surface area contributed by atoms with E-state index in [0.29, 0.717) is 36.4 Å². The van der Waals surface area contributed by atoms with Crippen LogP contribution >= 0.6 is 0 Å². The van der Waals surface area contributed by atoms with Crippen LogP contribution in [0.3, 0.4) is 0 Å². The Morgan fingerprint density at radius 1 is 0.946 bits per heavy atom. The fraction of sp³-hybridized carbons (Fsp3) is 0.393. The highest BCUT2D eigenvalue weighted by Gasteiger charge is 2.44. The molecule has 1 unspecified atom stereocenters. The summed E-state index contributed by atoms with van der Waals surface area (Å²) in [4.78, 5) is 38.7. The summed E-state index contributed by atoms with van der Waals surface area (Å²) >= 11 is 0. The zero-order valence-corrected chi connectivity index (χ0v) is 20.4. The van der Waals surface area contributed by atoms with Gasteiger partial charge in [0.25, 0.3) is 11.5 Å². The largest absolute Gasteiger partial charge is 0.381 e. The molecule has 0 aliphatic carbocycles. The van der Waals surface area contributed by atoms with Gasteiger partial charge in [-0.2, -0.15) is 0 Å². The van der Waals surface area contributed by atoms with E-state index in [1.54, 1.807) is 6.20 Å².